The summed E-state index contributed by atoms with van der Waals surface area (Å²) < 4.78 is 0. The van der Waals surface area contributed by atoms with Gasteiger partial charge in [0.2, 0.25) is 0 Å². The molecule has 2 rings (SSSR count). The van der Waals surface area contributed by atoms with Crippen molar-refractivity contribution in [1.82, 2.24) is 4.90 Å². The fourth-order valence-corrected chi connectivity index (χ4v) is 2.71. The van der Waals surface area contributed by atoms with E-state index in [1.807, 2.05) is 0 Å². The molecule has 4 nitrogen and oxygen atoms in total. The van der Waals surface area contributed by atoms with Crippen LogP contribution in [0.5, 0.6) is 11.5 Å². The lowest BCUT2D eigenvalue weighted by Gasteiger charge is -2.39. The highest BCUT2D eigenvalue weighted by atomic mass is 16.3. The molecule has 1 aromatic rings. The van der Waals surface area contributed by atoms with Crippen molar-refractivity contribution in [2.75, 3.05) is 19.6 Å². The molecule has 0 saturated carbocycles. The summed E-state index contributed by atoms with van der Waals surface area (Å²) in [6, 6.07) is 4.39. The first kappa shape index (κ1) is 14.2. The number of hydrogen-bond donors (Lipinski definition) is 3. The SMILES string of the molecule is C[C](C)CN1CCC(O)(c2ccc(O)cc2O)CC1. The number of likely N-dealkylation sites (tertiary alicyclic amines) is 1. The van der Waals surface area contributed by atoms with Gasteiger partial charge in [0.15, 0.2) is 0 Å². The minimum atomic E-state index is -0.990. The molecule has 1 aliphatic heterocycles. The summed E-state index contributed by atoms with van der Waals surface area (Å²) in [7, 11) is 0. The van der Waals surface area contributed by atoms with Gasteiger partial charge in [-0.2, -0.15) is 0 Å². The van der Waals surface area contributed by atoms with E-state index in [0.29, 0.717) is 18.4 Å². The molecule has 4 heteroatoms. The number of nitrogens with zero attached hydrogens (tertiary/aromatic N) is 1. The molecule has 1 fully saturated rings. The molecule has 0 unspecified atom stereocenters. The van der Waals surface area contributed by atoms with Crippen molar-refractivity contribution in [3.63, 3.8) is 0 Å². The van der Waals surface area contributed by atoms with E-state index in [1.165, 1.54) is 18.1 Å². The quantitative estimate of drug-likeness (QED) is 0.781. The van der Waals surface area contributed by atoms with Crippen LogP contribution < -0.4 is 0 Å². The molecular weight excluding hydrogens is 242 g/mol. The number of hydrogen-bond acceptors (Lipinski definition) is 4. The molecule has 0 atom stereocenters. The summed E-state index contributed by atoms with van der Waals surface area (Å²) in [6.45, 7) is 6.78. The summed E-state index contributed by atoms with van der Waals surface area (Å²) in [4.78, 5) is 2.31. The van der Waals surface area contributed by atoms with Crippen LogP contribution in [0.3, 0.4) is 0 Å². The molecule has 0 spiro atoms. The molecule has 1 saturated heterocycles. The van der Waals surface area contributed by atoms with E-state index < -0.39 is 5.60 Å². The van der Waals surface area contributed by atoms with E-state index in [4.69, 9.17) is 0 Å². The average molecular weight is 264 g/mol. The third-order valence-electron chi connectivity index (χ3n) is 3.71. The normalized spacial score (nSPS) is 19.8. The van der Waals surface area contributed by atoms with Crippen LogP contribution >= 0.6 is 0 Å². The number of rotatable bonds is 3. The van der Waals surface area contributed by atoms with Gasteiger partial charge in [-0.1, -0.05) is 13.8 Å². The minimum absolute atomic E-state index is 0.0125. The van der Waals surface area contributed by atoms with Crippen LogP contribution in [-0.2, 0) is 5.60 Å². The van der Waals surface area contributed by atoms with Crippen molar-refractivity contribution in [2.45, 2.75) is 32.3 Å². The van der Waals surface area contributed by atoms with E-state index in [9.17, 15) is 15.3 Å². The lowest BCUT2D eigenvalue weighted by molar-refractivity contribution is -0.0263. The molecular formula is C15H22NO3. The minimum Gasteiger partial charge on any atom is -0.508 e. The van der Waals surface area contributed by atoms with Crippen LogP contribution in [0.1, 0.15) is 32.3 Å². The lowest BCUT2D eigenvalue weighted by atomic mass is 9.83. The predicted octanol–water partition coefficient (Wildman–Crippen LogP) is 2.00. The van der Waals surface area contributed by atoms with Crippen LogP contribution in [0.25, 0.3) is 0 Å². The van der Waals surface area contributed by atoms with Crippen molar-refractivity contribution in [3.8, 4) is 11.5 Å². The van der Waals surface area contributed by atoms with Crippen LogP contribution in [0.4, 0.5) is 0 Å². The van der Waals surface area contributed by atoms with E-state index in [-0.39, 0.29) is 11.5 Å². The molecule has 19 heavy (non-hydrogen) atoms. The Morgan fingerprint density at radius 2 is 1.84 bits per heavy atom. The summed E-state index contributed by atoms with van der Waals surface area (Å²) in [5.74, 6) is 1.34. The Balaban J connectivity index is 2.09. The van der Waals surface area contributed by atoms with Crippen molar-refractivity contribution in [1.29, 1.82) is 0 Å². The van der Waals surface area contributed by atoms with Crippen molar-refractivity contribution < 1.29 is 15.3 Å². The van der Waals surface area contributed by atoms with Gasteiger partial charge in [0.05, 0.1) is 5.60 Å². The highest BCUT2D eigenvalue weighted by molar-refractivity contribution is 5.42. The fraction of sp³-hybridized carbons (Fsp3) is 0.533. The molecule has 0 aromatic heterocycles. The second-order valence-corrected chi connectivity index (χ2v) is 5.72. The number of piperidine rings is 1. The number of phenolic OH excluding ortho intramolecular Hbond substituents is 2. The highest BCUT2D eigenvalue weighted by Crippen LogP contribution is 2.39. The molecule has 3 N–H and O–H groups in total. The topological polar surface area (TPSA) is 63.9 Å². The van der Waals surface area contributed by atoms with Gasteiger partial charge in [0.1, 0.15) is 11.5 Å². The zero-order chi connectivity index (χ0) is 14.0. The summed E-state index contributed by atoms with van der Waals surface area (Å²) in [5, 5.41) is 29.9. The van der Waals surface area contributed by atoms with Gasteiger partial charge in [-0.25, -0.2) is 0 Å². The van der Waals surface area contributed by atoms with Gasteiger partial charge in [0.25, 0.3) is 0 Å². The number of aliphatic hydroxyl groups is 1. The predicted molar refractivity (Wildman–Crippen MR) is 73.9 cm³/mol. The van der Waals surface area contributed by atoms with Gasteiger partial charge >= 0.3 is 0 Å². The van der Waals surface area contributed by atoms with Crippen LogP contribution in [0.15, 0.2) is 18.2 Å². The molecule has 0 bridgehead atoms. The Labute approximate surface area is 114 Å². The van der Waals surface area contributed by atoms with Gasteiger partial charge in [-0.15, -0.1) is 0 Å². The highest BCUT2D eigenvalue weighted by Gasteiger charge is 2.36. The van der Waals surface area contributed by atoms with Crippen molar-refractivity contribution >= 4 is 0 Å². The Morgan fingerprint density at radius 1 is 1.21 bits per heavy atom. The maximum Gasteiger partial charge on any atom is 0.125 e. The van der Waals surface area contributed by atoms with Crippen LogP contribution in [0, 0.1) is 5.92 Å². The van der Waals surface area contributed by atoms with Crippen LogP contribution in [0.2, 0.25) is 0 Å². The van der Waals surface area contributed by atoms with Gasteiger partial charge in [-0.05, 0) is 30.9 Å². The second-order valence-electron chi connectivity index (χ2n) is 5.72. The third-order valence-corrected chi connectivity index (χ3v) is 3.71. The monoisotopic (exact) mass is 264 g/mol. The summed E-state index contributed by atoms with van der Waals surface area (Å²) in [5.41, 5.74) is -0.474. The Kier molecular flexibility index (Phi) is 4.02. The number of aromatic hydroxyl groups is 2. The first-order chi connectivity index (χ1) is 8.90. The van der Waals surface area contributed by atoms with E-state index in [1.54, 1.807) is 6.07 Å². The standard InChI is InChI=1S/C15H22NO3/c1-11(2)10-16-7-5-15(19,6-8-16)13-4-3-12(17)9-14(13)18/h3-4,9,17-19H,5-8,10H2,1-2H3. The van der Waals surface area contributed by atoms with E-state index >= 15 is 0 Å². The summed E-state index contributed by atoms with van der Waals surface area (Å²) >= 11 is 0. The average Bonchev–Trinajstić information content (AvgIpc) is 2.31. The smallest absolute Gasteiger partial charge is 0.125 e. The zero-order valence-electron chi connectivity index (χ0n) is 11.6. The fourth-order valence-electron chi connectivity index (χ4n) is 2.71. The third kappa shape index (κ3) is 3.19. The zero-order valence-corrected chi connectivity index (χ0v) is 11.6. The maximum absolute atomic E-state index is 10.7. The number of benzene rings is 1. The largest absolute Gasteiger partial charge is 0.508 e. The Morgan fingerprint density at radius 3 is 2.37 bits per heavy atom. The van der Waals surface area contributed by atoms with Crippen molar-refractivity contribution in [2.24, 2.45) is 0 Å². The Bertz CT molecular complexity index is 437. The number of phenols is 2. The second kappa shape index (κ2) is 5.39. The first-order valence-corrected chi connectivity index (χ1v) is 6.67. The van der Waals surface area contributed by atoms with Crippen molar-refractivity contribution in [3.05, 3.63) is 29.7 Å². The van der Waals surface area contributed by atoms with E-state index in [0.717, 1.165) is 19.6 Å². The molecule has 1 radical (unpaired) electrons. The molecule has 0 amide bonds. The first-order valence-electron chi connectivity index (χ1n) is 6.67. The Hall–Kier alpha value is -1.26. The van der Waals surface area contributed by atoms with Crippen LogP contribution in [-0.4, -0.2) is 39.9 Å². The lowest BCUT2D eigenvalue weighted by Crippen LogP contribution is -2.43. The maximum atomic E-state index is 10.7. The van der Waals surface area contributed by atoms with Gasteiger partial charge in [0, 0.05) is 31.3 Å². The van der Waals surface area contributed by atoms with Gasteiger partial charge < -0.3 is 20.2 Å². The van der Waals surface area contributed by atoms with Gasteiger partial charge in [-0.3, -0.25) is 0 Å². The van der Waals surface area contributed by atoms with E-state index in [2.05, 4.69) is 18.7 Å². The molecule has 105 valence electrons. The molecule has 1 heterocycles. The summed E-state index contributed by atoms with van der Waals surface area (Å²) in [6.07, 6.45) is 1.19. The molecule has 0 aliphatic carbocycles. The molecule has 1 aliphatic rings. The molecule has 1 aromatic carbocycles.